The molecule has 132 valence electrons. The third-order valence-corrected chi connectivity index (χ3v) is 3.51. The van der Waals surface area contributed by atoms with Crippen LogP contribution in [0.5, 0.6) is 0 Å². The van der Waals surface area contributed by atoms with E-state index in [1.54, 1.807) is 38.3 Å². The lowest BCUT2D eigenvalue weighted by atomic mass is 10.1. The molecule has 25 heavy (non-hydrogen) atoms. The first kappa shape index (κ1) is 18.5. The minimum absolute atomic E-state index is 0.323. The molecule has 2 aromatic rings. The van der Waals surface area contributed by atoms with Crippen LogP contribution in [0.15, 0.2) is 48.5 Å². The summed E-state index contributed by atoms with van der Waals surface area (Å²) in [6, 6.07) is 14.0. The average molecular weight is 342 g/mol. The molecule has 0 fully saturated rings. The molecular formula is C19H22N2O4. The van der Waals surface area contributed by atoms with Crippen LogP contribution in [0.4, 0.5) is 10.5 Å². The lowest BCUT2D eigenvalue weighted by Crippen LogP contribution is -2.28. The molecule has 0 aliphatic rings. The first-order chi connectivity index (χ1) is 12.1. The van der Waals surface area contributed by atoms with Crippen LogP contribution < -0.4 is 10.6 Å². The summed E-state index contributed by atoms with van der Waals surface area (Å²) < 4.78 is 10.1. The molecule has 0 aromatic heterocycles. The molecule has 6 heteroatoms. The molecule has 0 unspecified atom stereocenters. The van der Waals surface area contributed by atoms with Gasteiger partial charge in [0.05, 0.1) is 18.8 Å². The Morgan fingerprint density at radius 3 is 2.32 bits per heavy atom. The lowest BCUT2D eigenvalue weighted by molar-refractivity contribution is 0.0526. The number of carbonyl (C=O) groups is 2. The van der Waals surface area contributed by atoms with Crippen LogP contribution in [0.3, 0.4) is 0 Å². The van der Waals surface area contributed by atoms with E-state index in [2.05, 4.69) is 10.6 Å². The lowest BCUT2D eigenvalue weighted by Gasteiger charge is -2.11. The number of benzene rings is 2. The molecule has 0 radical (unpaired) electrons. The second kappa shape index (κ2) is 9.44. The highest BCUT2D eigenvalue weighted by Crippen LogP contribution is 2.12. The van der Waals surface area contributed by atoms with Gasteiger partial charge in [0.2, 0.25) is 0 Å². The van der Waals surface area contributed by atoms with E-state index in [1.807, 2.05) is 24.3 Å². The van der Waals surface area contributed by atoms with E-state index in [-0.39, 0.29) is 12.0 Å². The molecule has 0 aliphatic carbocycles. The minimum Gasteiger partial charge on any atom is -0.462 e. The summed E-state index contributed by atoms with van der Waals surface area (Å²) in [6.07, 6.45) is 0. The number of ether oxygens (including phenoxy) is 2. The predicted molar refractivity (Wildman–Crippen MR) is 95.4 cm³/mol. The van der Waals surface area contributed by atoms with Gasteiger partial charge in [0.15, 0.2) is 0 Å². The fourth-order valence-corrected chi connectivity index (χ4v) is 2.28. The molecule has 2 N–H and O–H groups in total. The summed E-state index contributed by atoms with van der Waals surface area (Å²) in [6.45, 7) is 2.97. The van der Waals surface area contributed by atoms with Gasteiger partial charge >= 0.3 is 12.0 Å². The molecule has 2 aromatic carbocycles. The van der Waals surface area contributed by atoms with Crippen LogP contribution in [-0.2, 0) is 22.6 Å². The molecule has 0 atom stereocenters. The summed E-state index contributed by atoms with van der Waals surface area (Å²) in [5.41, 5.74) is 3.07. The molecule has 0 bridgehead atoms. The normalized spacial score (nSPS) is 10.2. The molecule has 0 aliphatic heterocycles. The van der Waals surface area contributed by atoms with Gasteiger partial charge in [0.25, 0.3) is 0 Å². The fraction of sp³-hybridized carbons (Fsp3) is 0.263. The smallest absolute Gasteiger partial charge is 0.338 e. The molecule has 6 nitrogen and oxygen atoms in total. The average Bonchev–Trinajstić information content (AvgIpc) is 2.62. The SMILES string of the molecule is CCOC(=O)c1ccc(NC(=O)NCc2ccccc2COC)cc1. The van der Waals surface area contributed by atoms with Gasteiger partial charge in [-0.15, -0.1) is 0 Å². The number of rotatable bonds is 7. The van der Waals surface area contributed by atoms with Gasteiger partial charge in [-0.05, 0) is 42.3 Å². The van der Waals surface area contributed by atoms with Crippen molar-refractivity contribution in [1.29, 1.82) is 0 Å². The zero-order chi connectivity index (χ0) is 18.1. The highest BCUT2D eigenvalue weighted by Gasteiger charge is 2.08. The Bertz CT molecular complexity index is 714. The number of nitrogens with one attached hydrogen (secondary N) is 2. The van der Waals surface area contributed by atoms with Crippen LogP contribution in [0.2, 0.25) is 0 Å². The highest BCUT2D eigenvalue weighted by atomic mass is 16.5. The van der Waals surface area contributed by atoms with Crippen LogP contribution in [0.1, 0.15) is 28.4 Å². The highest BCUT2D eigenvalue weighted by molar-refractivity contribution is 5.92. The van der Waals surface area contributed by atoms with Crippen LogP contribution in [0.25, 0.3) is 0 Å². The predicted octanol–water partition coefficient (Wildman–Crippen LogP) is 3.33. The van der Waals surface area contributed by atoms with E-state index in [9.17, 15) is 9.59 Å². The number of anilines is 1. The standard InChI is InChI=1S/C19H22N2O4/c1-3-25-18(22)14-8-10-17(11-9-14)21-19(23)20-12-15-6-4-5-7-16(15)13-24-2/h4-11H,3,12-13H2,1-2H3,(H2,20,21,23). The molecule has 0 heterocycles. The number of hydrogen-bond donors (Lipinski definition) is 2. The van der Waals surface area contributed by atoms with Crippen molar-refractivity contribution in [2.45, 2.75) is 20.1 Å². The Morgan fingerprint density at radius 2 is 1.68 bits per heavy atom. The van der Waals surface area contributed by atoms with E-state index < -0.39 is 0 Å². The minimum atomic E-state index is -0.381. The Hall–Kier alpha value is -2.86. The van der Waals surface area contributed by atoms with Crippen molar-refractivity contribution in [2.75, 3.05) is 19.0 Å². The number of amides is 2. The monoisotopic (exact) mass is 342 g/mol. The molecular weight excluding hydrogens is 320 g/mol. The Labute approximate surface area is 147 Å². The molecule has 0 spiro atoms. The maximum absolute atomic E-state index is 12.0. The Kier molecular flexibility index (Phi) is 6.98. The van der Waals surface area contributed by atoms with Crippen molar-refractivity contribution in [3.63, 3.8) is 0 Å². The zero-order valence-corrected chi connectivity index (χ0v) is 14.4. The first-order valence-electron chi connectivity index (χ1n) is 8.01. The number of methoxy groups -OCH3 is 1. The van der Waals surface area contributed by atoms with Gasteiger partial charge in [-0.2, -0.15) is 0 Å². The van der Waals surface area contributed by atoms with E-state index >= 15 is 0 Å². The third-order valence-electron chi connectivity index (χ3n) is 3.51. The van der Waals surface area contributed by atoms with E-state index in [0.717, 1.165) is 11.1 Å². The van der Waals surface area contributed by atoms with Gasteiger partial charge in [-0.3, -0.25) is 0 Å². The summed E-state index contributed by atoms with van der Waals surface area (Å²) >= 11 is 0. The zero-order valence-electron chi connectivity index (χ0n) is 14.4. The van der Waals surface area contributed by atoms with Gasteiger partial charge < -0.3 is 20.1 Å². The van der Waals surface area contributed by atoms with Gasteiger partial charge in [0, 0.05) is 19.3 Å². The first-order valence-corrected chi connectivity index (χ1v) is 8.01. The second-order valence-electron chi connectivity index (χ2n) is 5.31. The maximum atomic E-state index is 12.0. The number of carbonyl (C=O) groups excluding carboxylic acids is 2. The summed E-state index contributed by atoms with van der Waals surface area (Å²) in [4.78, 5) is 23.6. The van der Waals surface area contributed by atoms with Crippen molar-refractivity contribution in [1.82, 2.24) is 5.32 Å². The summed E-state index contributed by atoms with van der Waals surface area (Å²) in [5.74, 6) is -0.381. The maximum Gasteiger partial charge on any atom is 0.338 e. The quantitative estimate of drug-likeness (QED) is 0.757. The van der Waals surface area contributed by atoms with Crippen LogP contribution in [0, 0.1) is 0 Å². The number of hydrogen-bond acceptors (Lipinski definition) is 4. The van der Waals surface area contributed by atoms with Crippen molar-refractivity contribution in [3.05, 3.63) is 65.2 Å². The topological polar surface area (TPSA) is 76.7 Å². The fourth-order valence-electron chi connectivity index (χ4n) is 2.28. The molecule has 2 rings (SSSR count). The van der Waals surface area contributed by atoms with Crippen molar-refractivity contribution >= 4 is 17.7 Å². The van der Waals surface area contributed by atoms with E-state index in [4.69, 9.17) is 9.47 Å². The Morgan fingerprint density at radius 1 is 1.00 bits per heavy atom. The van der Waals surface area contributed by atoms with E-state index in [1.165, 1.54) is 0 Å². The van der Waals surface area contributed by atoms with Crippen molar-refractivity contribution < 1.29 is 19.1 Å². The summed E-state index contributed by atoms with van der Waals surface area (Å²) in [7, 11) is 1.64. The van der Waals surface area contributed by atoms with Gasteiger partial charge in [0.1, 0.15) is 0 Å². The largest absolute Gasteiger partial charge is 0.462 e. The van der Waals surface area contributed by atoms with Crippen molar-refractivity contribution in [3.8, 4) is 0 Å². The van der Waals surface area contributed by atoms with Gasteiger partial charge in [-0.1, -0.05) is 24.3 Å². The molecule has 2 amide bonds. The van der Waals surface area contributed by atoms with Crippen molar-refractivity contribution in [2.24, 2.45) is 0 Å². The summed E-state index contributed by atoms with van der Waals surface area (Å²) in [5, 5.41) is 5.54. The number of urea groups is 1. The van der Waals surface area contributed by atoms with Crippen LogP contribution >= 0.6 is 0 Å². The van der Waals surface area contributed by atoms with Gasteiger partial charge in [-0.25, -0.2) is 9.59 Å². The third kappa shape index (κ3) is 5.61. The molecule has 0 saturated carbocycles. The van der Waals surface area contributed by atoms with Crippen LogP contribution in [-0.4, -0.2) is 25.7 Å². The number of esters is 1. The van der Waals surface area contributed by atoms with E-state index in [0.29, 0.717) is 31.0 Å². The Balaban J connectivity index is 1.89. The second-order valence-corrected chi connectivity index (χ2v) is 5.31. The molecule has 0 saturated heterocycles.